The highest BCUT2D eigenvalue weighted by Gasteiger charge is 2.23. The lowest BCUT2D eigenvalue weighted by atomic mass is 9.98. The smallest absolute Gasteiger partial charge is 0.119 e. The number of hydrazine groups is 1. The number of hydrogen-bond acceptors (Lipinski definition) is 3. The molecule has 2 aromatic carbocycles. The van der Waals surface area contributed by atoms with Gasteiger partial charge in [0.2, 0.25) is 0 Å². The molecule has 1 aliphatic rings. The minimum absolute atomic E-state index is 0.0215. The zero-order valence-electron chi connectivity index (χ0n) is 12.0. The number of benzene rings is 2. The van der Waals surface area contributed by atoms with Crippen molar-refractivity contribution in [2.24, 2.45) is 5.84 Å². The number of rotatable bonds is 5. The van der Waals surface area contributed by atoms with E-state index < -0.39 is 0 Å². The Morgan fingerprint density at radius 1 is 1.14 bits per heavy atom. The average Bonchev–Trinajstić information content (AvgIpc) is 3.29. The fourth-order valence-corrected chi connectivity index (χ4v) is 2.60. The summed E-state index contributed by atoms with van der Waals surface area (Å²) in [6.45, 7) is 2.08. The van der Waals surface area contributed by atoms with Gasteiger partial charge in [-0.1, -0.05) is 40.2 Å². The third-order valence-corrected chi connectivity index (χ3v) is 4.61. The lowest BCUT2D eigenvalue weighted by molar-refractivity contribution is 0.303. The molecule has 21 heavy (non-hydrogen) atoms. The average molecular weight is 347 g/mol. The van der Waals surface area contributed by atoms with Gasteiger partial charge in [-0.2, -0.15) is 0 Å². The van der Waals surface area contributed by atoms with Crippen LogP contribution < -0.4 is 16.0 Å². The van der Waals surface area contributed by atoms with Gasteiger partial charge in [0.1, 0.15) is 5.75 Å². The van der Waals surface area contributed by atoms with E-state index in [1.54, 1.807) is 0 Å². The van der Waals surface area contributed by atoms with E-state index in [4.69, 9.17) is 10.6 Å². The van der Waals surface area contributed by atoms with Gasteiger partial charge < -0.3 is 4.74 Å². The first-order valence-corrected chi connectivity index (χ1v) is 7.95. The standard InChI is InChI=1S/C17H19BrN2O/c1-11-10-13(4-9-16(11)18)17(20-19)12-2-5-14(6-3-12)21-15-7-8-15/h2-6,9-10,15,17,20H,7-8,19H2,1H3. The van der Waals surface area contributed by atoms with Gasteiger partial charge in [0.15, 0.2) is 0 Å². The molecule has 1 saturated carbocycles. The fraction of sp³-hybridized carbons (Fsp3) is 0.294. The molecule has 1 unspecified atom stereocenters. The van der Waals surface area contributed by atoms with Crippen LogP contribution in [0.4, 0.5) is 0 Å². The van der Waals surface area contributed by atoms with Gasteiger partial charge >= 0.3 is 0 Å². The summed E-state index contributed by atoms with van der Waals surface area (Å²) < 4.78 is 6.88. The molecule has 0 radical (unpaired) electrons. The fourth-order valence-electron chi connectivity index (χ4n) is 2.35. The lowest BCUT2D eigenvalue weighted by Crippen LogP contribution is -2.28. The maximum atomic E-state index is 5.78. The van der Waals surface area contributed by atoms with E-state index in [2.05, 4.69) is 58.6 Å². The van der Waals surface area contributed by atoms with Crippen molar-refractivity contribution in [1.29, 1.82) is 0 Å². The second-order valence-corrected chi connectivity index (χ2v) is 6.35. The maximum absolute atomic E-state index is 5.78. The van der Waals surface area contributed by atoms with Crippen molar-refractivity contribution < 1.29 is 4.74 Å². The summed E-state index contributed by atoms with van der Waals surface area (Å²) in [5.74, 6) is 6.70. The Labute approximate surface area is 133 Å². The number of nitrogens with two attached hydrogens (primary N) is 1. The Balaban J connectivity index is 1.82. The molecule has 0 saturated heterocycles. The van der Waals surface area contributed by atoms with E-state index in [9.17, 15) is 0 Å². The minimum atomic E-state index is -0.0215. The van der Waals surface area contributed by atoms with E-state index in [1.165, 1.54) is 18.4 Å². The molecule has 1 atom stereocenters. The highest BCUT2D eigenvalue weighted by Crippen LogP contribution is 2.29. The summed E-state index contributed by atoms with van der Waals surface area (Å²) in [6.07, 6.45) is 2.77. The SMILES string of the molecule is Cc1cc(C(NN)c2ccc(OC3CC3)cc2)ccc1Br. The first-order valence-electron chi connectivity index (χ1n) is 7.16. The van der Waals surface area contributed by atoms with Crippen molar-refractivity contribution in [2.75, 3.05) is 0 Å². The molecule has 0 heterocycles. The zero-order valence-corrected chi connectivity index (χ0v) is 13.6. The second kappa shape index (κ2) is 6.18. The molecular weight excluding hydrogens is 328 g/mol. The highest BCUT2D eigenvalue weighted by atomic mass is 79.9. The first kappa shape index (κ1) is 14.6. The van der Waals surface area contributed by atoms with Crippen molar-refractivity contribution in [3.05, 3.63) is 63.6 Å². The minimum Gasteiger partial charge on any atom is -0.490 e. The Bertz CT molecular complexity index is 623. The summed E-state index contributed by atoms with van der Waals surface area (Å²) in [5, 5.41) is 0. The molecule has 3 rings (SSSR count). The van der Waals surface area contributed by atoms with E-state index in [0.29, 0.717) is 6.10 Å². The monoisotopic (exact) mass is 346 g/mol. The van der Waals surface area contributed by atoms with Crippen LogP contribution in [0.2, 0.25) is 0 Å². The maximum Gasteiger partial charge on any atom is 0.119 e. The van der Waals surface area contributed by atoms with Crippen LogP contribution in [0.15, 0.2) is 46.9 Å². The van der Waals surface area contributed by atoms with Gasteiger partial charge in [0, 0.05) is 4.47 Å². The van der Waals surface area contributed by atoms with Gasteiger partial charge in [-0.15, -0.1) is 0 Å². The molecule has 2 aromatic rings. The first-order chi connectivity index (χ1) is 10.2. The van der Waals surface area contributed by atoms with Crippen LogP contribution in [0.25, 0.3) is 0 Å². The quantitative estimate of drug-likeness (QED) is 0.638. The number of ether oxygens (including phenoxy) is 1. The normalized spacial score (nSPS) is 15.8. The van der Waals surface area contributed by atoms with Crippen LogP contribution in [0.5, 0.6) is 5.75 Å². The van der Waals surface area contributed by atoms with E-state index in [1.807, 2.05) is 12.1 Å². The number of aryl methyl sites for hydroxylation is 1. The molecule has 3 N–H and O–H groups in total. The predicted molar refractivity (Wildman–Crippen MR) is 88.1 cm³/mol. The van der Waals surface area contributed by atoms with Gasteiger partial charge in [0.25, 0.3) is 0 Å². The molecule has 110 valence electrons. The summed E-state index contributed by atoms with van der Waals surface area (Å²) >= 11 is 3.53. The van der Waals surface area contributed by atoms with Crippen LogP contribution >= 0.6 is 15.9 Å². The van der Waals surface area contributed by atoms with Crippen LogP contribution in [0, 0.1) is 6.92 Å². The Hall–Kier alpha value is -1.36. The van der Waals surface area contributed by atoms with Crippen LogP contribution in [-0.2, 0) is 0 Å². The molecular formula is C17H19BrN2O. The largest absolute Gasteiger partial charge is 0.490 e. The van der Waals surface area contributed by atoms with Crippen molar-refractivity contribution in [2.45, 2.75) is 31.9 Å². The van der Waals surface area contributed by atoms with Gasteiger partial charge in [-0.05, 0) is 54.7 Å². The van der Waals surface area contributed by atoms with E-state index >= 15 is 0 Å². The topological polar surface area (TPSA) is 47.3 Å². The molecule has 1 aliphatic carbocycles. The van der Waals surface area contributed by atoms with Crippen LogP contribution in [0.3, 0.4) is 0 Å². The number of halogens is 1. The van der Waals surface area contributed by atoms with E-state index in [0.717, 1.165) is 21.3 Å². The molecule has 0 aliphatic heterocycles. The van der Waals surface area contributed by atoms with Crippen LogP contribution in [0.1, 0.15) is 35.6 Å². The van der Waals surface area contributed by atoms with Crippen molar-refractivity contribution in [3.8, 4) is 5.75 Å². The summed E-state index contributed by atoms with van der Waals surface area (Å²) in [4.78, 5) is 0. The predicted octanol–water partition coefficient (Wildman–Crippen LogP) is 3.85. The molecule has 0 spiro atoms. The summed E-state index contributed by atoms with van der Waals surface area (Å²) in [6, 6.07) is 14.4. The number of hydrogen-bond donors (Lipinski definition) is 2. The Morgan fingerprint density at radius 3 is 2.38 bits per heavy atom. The third kappa shape index (κ3) is 3.46. The van der Waals surface area contributed by atoms with Crippen molar-refractivity contribution in [3.63, 3.8) is 0 Å². The van der Waals surface area contributed by atoms with E-state index in [-0.39, 0.29) is 6.04 Å². The van der Waals surface area contributed by atoms with Gasteiger partial charge in [0.05, 0.1) is 12.1 Å². The highest BCUT2D eigenvalue weighted by molar-refractivity contribution is 9.10. The van der Waals surface area contributed by atoms with Crippen LogP contribution in [-0.4, -0.2) is 6.10 Å². The molecule has 1 fully saturated rings. The lowest BCUT2D eigenvalue weighted by Gasteiger charge is -2.18. The van der Waals surface area contributed by atoms with Crippen molar-refractivity contribution >= 4 is 15.9 Å². The third-order valence-electron chi connectivity index (χ3n) is 3.72. The molecule has 0 bridgehead atoms. The molecule has 4 heteroatoms. The number of nitrogens with one attached hydrogen (secondary N) is 1. The Kier molecular flexibility index (Phi) is 4.29. The summed E-state index contributed by atoms with van der Waals surface area (Å²) in [7, 11) is 0. The molecule has 0 aromatic heterocycles. The van der Waals surface area contributed by atoms with Gasteiger partial charge in [-0.3, -0.25) is 5.84 Å². The molecule has 3 nitrogen and oxygen atoms in total. The van der Waals surface area contributed by atoms with Gasteiger partial charge in [-0.25, -0.2) is 5.43 Å². The molecule has 0 amide bonds. The zero-order chi connectivity index (χ0) is 14.8. The summed E-state index contributed by atoms with van der Waals surface area (Å²) in [5.41, 5.74) is 6.37. The Morgan fingerprint density at radius 2 is 1.81 bits per heavy atom. The second-order valence-electron chi connectivity index (χ2n) is 5.49. The van der Waals surface area contributed by atoms with Crippen molar-refractivity contribution in [1.82, 2.24) is 5.43 Å².